The number of nitrogens with zero attached hydrogens (tertiary/aromatic N) is 3. The van der Waals surface area contributed by atoms with Gasteiger partial charge in [-0.05, 0) is 37.1 Å². The van der Waals surface area contributed by atoms with E-state index in [0.29, 0.717) is 26.2 Å². The number of nitro benzene ring substituents is 1. The molecule has 0 unspecified atom stereocenters. The summed E-state index contributed by atoms with van der Waals surface area (Å²) in [7, 11) is 0. The quantitative estimate of drug-likeness (QED) is 0.648. The minimum absolute atomic E-state index is 0.0843. The minimum atomic E-state index is -0.399. The van der Waals surface area contributed by atoms with Crippen molar-refractivity contribution in [2.75, 3.05) is 42.9 Å². The summed E-state index contributed by atoms with van der Waals surface area (Å²) in [6, 6.07) is 12.6. The van der Waals surface area contributed by atoms with Crippen LogP contribution in [0.4, 0.5) is 17.1 Å². The fraction of sp³-hybridized carbons (Fsp3) is 0.350. The van der Waals surface area contributed by atoms with Gasteiger partial charge < -0.3 is 15.1 Å². The van der Waals surface area contributed by atoms with E-state index in [2.05, 4.69) is 10.2 Å². The molecule has 0 atom stereocenters. The lowest BCUT2D eigenvalue weighted by molar-refractivity contribution is -0.384. The Bertz CT molecular complexity index is 807. The smallest absolute Gasteiger partial charge is 0.269 e. The van der Waals surface area contributed by atoms with E-state index in [1.807, 2.05) is 36.9 Å². The lowest BCUT2D eigenvalue weighted by atomic mass is 10.1. The highest BCUT2D eigenvalue weighted by Gasteiger charge is 2.21. The molecule has 27 heavy (non-hydrogen) atoms. The predicted octanol–water partition coefficient (Wildman–Crippen LogP) is 2.97. The van der Waals surface area contributed by atoms with Crippen LogP contribution in [-0.4, -0.2) is 48.5 Å². The number of non-ortho nitro benzene ring substituents is 1. The Morgan fingerprint density at radius 3 is 2.19 bits per heavy atom. The van der Waals surface area contributed by atoms with Crippen LogP contribution >= 0.6 is 0 Å². The van der Waals surface area contributed by atoms with E-state index in [1.54, 1.807) is 12.1 Å². The molecule has 1 N–H and O–H groups in total. The van der Waals surface area contributed by atoms with Gasteiger partial charge in [-0.1, -0.05) is 18.2 Å². The van der Waals surface area contributed by atoms with Gasteiger partial charge in [-0.3, -0.25) is 14.9 Å². The van der Waals surface area contributed by atoms with Gasteiger partial charge in [-0.15, -0.1) is 0 Å². The summed E-state index contributed by atoms with van der Waals surface area (Å²) < 4.78 is 0. The maximum absolute atomic E-state index is 12.5. The van der Waals surface area contributed by atoms with Crippen LogP contribution in [0.5, 0.6) is 0 Å². The number of carbonyl (C=O) groups is 1. The second-order valence-electron chi connectivity index (χ2n) is 6.76. The molecular weight excluding hydrogens is 344 g/mol. The Labute approximate surface area is 158 Å². The van der Waals surface area contributed by atoms with Crippen LogP contribution in [0.15, 0.2) is 42.5 Å². The second-order valence-corrected chi connectivity index (χ2v) is 6.76. The van der Waals surface area contributed by atoms with Crippen LogP contribution in [0.2, 0.25) is 0 Å². The molecule has 1 aliphatic rings. The van der Waals surface area contributed by atoms with Crippen LogP contribution in [0.3, 0.4) is 0 Å². The van der Waals surface area contributed by atoms with Crippen LogP contribution in [0.25, 0.3) is 0 Å². The molecular formula is C20H24N4O3. The maximum atomic E-state index is 12.5. The SMILES string of the molecule is Cc1cccc(C)c1NCC(=O)N1CCN(c2ccc([N+](=O)[O-])cc2)CC1. The number of carbonyl (C=O) groups excluding carboxylic acids is 1. The summed E-state index contributed by atoms with van der Waals surface area (Å²) >= 11 is 0. The molecule has 0 radical (unpaired) electrons. The zero-order valence-electron chi connectivity index (χ0n) is 15.6. The van der Waals surface area contributed by atoms with E-state index < -0.39 is 4.92 Å². The number of nitrogens with one attached hydrogen (secondary N) is 1. The highest BCUT2D eigenvalue weighted by molar-refractivity contribution is 5.81. The molecule has 0 bridgehead atoms. The lowest BCUT2D eigenvalue weighted by Gasteiger charge is -2.36. The topological polar surface area (TPSA) is 78.7 Å². The van der Waals surface area contributed by atoms with Gasteiger partial charge >= 0.3 is 0 Å². The molecule has 1 saturated heterocycles. The number of hydrogen-bond donors (Lipinski definition) is 1. The number of nitro groups is 1. The van der Waals surface area contributed by atoms with Crippen molar-refractivity contribution in [2.45, 2.75) is 13.8 Å². The van der Waals surface area contributed by atoms with Gasteiger partial charge in [0.2, 0.25) is 5.91 Å². The number of anilines is 2. The van der Waals surface area contributed by atoms with Crippen molar-refractivity contribution in [1.29, 1.82) is 0 Å². The second kappa shape index (κ2) is 8.07. The van der Waals surface area contributed by atoms with Gasteiger partial charge in [0.25, 0.3) is 5.69 Å². The predicted molar refractivity (Wildman–Crippen MR) is 106 cm³/mol. The first kappa shape index (κ1) is 18.7. The average Bonchev–Trinajstić information content (AvgIpc) is 2.67. The molecule has 3 rings (SSSR count). The van der Waals surface area contributed by atoms with E-state index in [1.165, 1.54) is 12.1 Å². The molecule has 2 aromatic rings. The molecule has 1 aliphatic heterocycles. The summed E-state index contributed by atoms with van der Waals surface area (Å²) in [4.78, 5) is 26.9. The van der Waals surface area contributed by atoms with E-state index in [-0.39, 0.29) is 18.1 Å². The molecule has 1 amide bonds. The van der Waals surface area contributed by atoms with Crippen molar-refractivity contribution < 1.29 is 9.72 Å². The van der Waals surface area contributed by atoms with Gasteiger partial charge in [-0.25, -0.2) is 0 Å². The lowest BCUT2D eigenvalue weighted by Crippen LogP contribution is -2.50. The number of rotatable bonds is 5. The molecule has 0 aromatic heterocycles. The van der Waals surface area contributed by atoms with Crippen molar-refractivity contribution in [2.24, 2.45) is 0 Å². The third kappa shape index (κ3) is 4.36. The van der Waals surface area contributed by atoms with Crippen LogP contribution in [0, 0.1) is 24.0 Å². The number of hydrogen-bond acceptors (Lipinski definition) is 5. The van der Waals surface area contributed by atoms with Gasteiger partial charge in [0.05, 0.1) is 11.5 Å². The number of amides is 1. The highest BCUT2D eigenvalue weighted by atomic mass is 16.6. The molecule has 0 spiro atoms. The van der Waals surface area contributed by atoms with E-state index in [9.17, 15) is 14.9 Å². The number of aryl methyl sites for hydroxylation is 2. The normalized spacial score (nSPS) is 14.1. The largest absolute Gasteiger partial charge is 0.376 e. The molecule has 7 heteroatoms. The minimum Gasteiger partial charge on any atom is -0.376 e. The number of para-hydroxylation sites is 1. The molecule has 0 aliphatic carbocycles. The van der Waals surface area contributed by atoms with Gasteiger partial charge in [0.15, 0.2) is 0 Å². The van der Waals surface area contributed by atoms with Crippen molar-refractivity contribution in [3.63, 3.8) is 0 Å². The molecule has 2 aromatic carbocycles. The summed E-state index contributed by atoms with van der Waals surface area (Å²) in [6.45, 7) is 7.06. The fourth-order valence-electron chi connectivity index (χ4n) is 3.37. The first-order chi connectivity index (χ1) is 13.0. The third-order valence-corrected chi connectivity index (χ3v) is 4.96. The molecule has 1 fully saturated rings. The van der Waals surface area contributed by atoms with Gasteiger partial charge in [-0.2, -0.15) is 0 Å². The fourth-order valence-corrected chi connectivity index (χ4v) is 3.37. The first-order valence-electron chi connectivity index (χ1n) is 9.03. The molecule has 7 nitrogen and oxygen atoms in total. The van der Waals surface area contributed by atoms with E-state index in [4.69, 9.17) is 0 Å². The van der Waals surface area contributed by atoms with Gasteiger partial charge in [0.1, 0.15) is 0 Å². The standard InChI is InChI=1S/C20H24N4O3/c1-15-4-3-5-16(2)20(15)21-14-19(25)23-12-10-22(11-13-23)17-6-8-18(9-7-17)24(26)27/h3-9,21H,10-14H2,1-2H3. The number of piperazine rings is 1. The van der Waals surface area contributed by atoms with Crippen molar-refractivity contribution >= 4 is 23.0 Å². The molecule has 1 heterocycles. The molecule has 0 saturated carbocycles. The Morgan fingerprint density at radius 1 is 1.04 bits per heavy atom. The Morgan fingerprint density at radius 2 is 1.63 bits per heavy atom. The Balaban J connectivity index is 1.52. The van der Waals surface area contributed by atoms with E-state index in [0.717, 1.165) is 22.5 Å². The Hall–Kier alpha value is -3.09. The first-order valence-corrected chi connectivity index (χ1v) is 9.03. The monoisotopic (exact) mass is 368 g/mol. The third-order valence-electron chi connectivity index (χ3n) is 4.96. The number of benzene rings is 2. The molecule has 142 valence electrons. The summed E-state index contributed by atoms with van der Waals surface area (Å²) in [5.74, 6) is 0.0843. The van der Waals surface area contributed by atoms with Crippen molar-refractivity contribution in [3.05, 3.63) is 63.7 Å². The summed E-state index contributed by atoms with van der Waals surface area (Å²) in [5.41, 5.74) is 4.32. The van der Waals surface area contributed by atoms with Crippen molar-refractivity contribution in [1.82, 2.24) is 4.90 Å². The van der Waals surface area contributed by atoms with Crippen LogP contribution in [-0.2, 0) is 4.79 Å². The maximum Gasteiger partial charge on any atom is 0.269 e. The zero-order chi connectivity index (χ0) is 19.4. The van der Waals surface area contributed by atoms with E-state index >= 15 is 0 Å². The van der Waals surface area contributed by atoms with Crippen LogP contribution in [0.1, 0.15) is 11.1 Å². The summed E-state index contributed by atoms with van der Waals surface area (Å²) in [6.07, 6.45) is 0. The Kier molecular flexibility index (Phi) is 5.59. The summed E-state index contributed by atoms with van der Waals surface area (Å²) in [5, 5.41) is 14.0. The van der Waals surface area contributed by atoms with Crippen LogP contribution < -0.4 is 10.2 Å². The van der Waals surface area contributed by atoms with Crippen molar-refractivity contribution in [3.8, 4) is 0 Å². The highest BCUT2D eigenvalue weighted by Crippen LogP contribution is 2.21. The zero-order valence-corrected chi connectivity index (χ0v) is 15.6. The van der Waals surface area contributed by atoms with Gasteiger partial charge in [0, 0.05) is 49.7 Å². The average molecular weight is 368 g/mol.